The first-order valence-corrected chi connectivity index (χ1v) is 4.46. The van der Waals surface area contributed by atoms with Crippen LogP contribution in [0.1, 0.15) is 5.56 Å². The zero-order valence-electron chi connectivity index (χ0n) is 8.51. The molecule has 0 spiro atoms. The predicted octanol–water partition coefficient (Wildman–Crippen LogP) is 1.25. The fourth-order valence-electron chi connectivity index (χ4n) is 1.31. The molecular formula is C10H10N4O. The number of aromatic nitrogens is 4. The molecule has 0 N–H and O–H groups in total. The summed E-state index contributed by atoms with van der Waals surface area (Å²) in [5, 5.41) is 15.2. The third-order valence-electron chi connectivity index (χ3n) is 2.00. The standard InChI is InChI=1S/C10H10N4O/c1-7-3-4-9(15-2)8(5-7)10-13-11-6-12-14-10/h3-6H,1-2H3. The lowest BCUT2D eigenvalue weighted by Crippen LogP contribution is -1.96. The molecule has 0 bridgehead atoms. The van der Waals surface area contributed by atoms with E-state index >= 15 is 0 Å². The maximum absolute atomic E-state index is 5.22. The fraction of sp³-hybridized carbons (Fsp3) is 0.200. The molecule has 2 rings (SSSR count). The van der Waals surface area contributed by atoms with Gasteiger partial charge in [-0.05, 0) is 19.1 Å². The number of rotatable bonds is 2. The van der Waals surface area contributed by atoms with E-state index in [0.29, 0.717) is 5.82 Å². The van der Waals surface area contributed by atoms with E-state index in [2.05, 4.69) is 20.4 Å². The monoisotopic (exact) mass is 202 g/mol. The SMILES string of the molecule is COc1ccc(C)cc1-c1nncnn1. The van der Waals surface area contributed by atoms with E-state index in [0.717, 1.165) is 16.9 Å². The number of ether oxygens (including phenoxy) is 1. The van der Waals surface area contributed by atoms with Crippen LogP contribution in [0.3, 0.4) is 0 Å². The van der Waals surface area contributed by atoms with Crippen molar-refractivity contribution in [3.8, 4) is 17.1 Å². The Hall–Kier alpha value is -2.04. The summed E-state index contributed by atoms with van der Waals surface area (Å²) in [5.41, 5.74) is 1.91. The zero-order valence-corrected chi connectivity index (χ0v) is 8.51. The van der Waals surface area contributed by atoms with Crippen molar-refractivity contribution in [1.82, 2.24) is 20.4 Å². The van der Waals surface area contributed by atoms with E-state index in [-0.39, 0.29) is 0 Å². The van der Waals surface area contributed by atoms with Crippen molar-refractivity contribution in [2.45, 2.75) is 6.92 Å². The molecule has 0 aliphatic carbocycles. The van der Waals surface area contributed by atoms with Gasteiger partial charge in [-0.1, -0.05) is 11.6 Å². The van der Waals surface area contributed by atoms with Crippen molar-refractivity contribution < 1.29 is 4.74 Å². The Kier molecular flexibility index (Phi) is 2.53. The maximum atomic E-state index is 5.22. The lowest BCUT2D eigenvalue weighted by molar-refractivity contribution is 0.416. The second kappa shape index (κ2) is 4.00. The first-order chi connectivity index (χ1) is 7.31. The Balaban J connectivity index is 2.56. The van der Waals surface area contributed by atoms with Crippen LogP contribution in [0.25, 0.3) is 11.4 Å². The van der Waals surface area contributed by atoms with Gasteiger partial charge in [0.05, 0.1) is 12.7 Å². The molecule has 76 valence electrons. The number of methoxy groups -OCH3 is 1. The molecule has 0 unspecified atom stereocenters. The first kappa shape index (κ1) is 9.51. The Bertz CT molecular complexity index is 458. The molecule has 0 atom stereocenters. The molecule has 0 aliphatic rings. The highest BCUT2D eigenvalue weighted by Gasteiger charge is 2.08. The van der Waals surface area contributed by atoms with Crippen LogP contribution in [-0.4, -0.2) is 27.5 Å². The molecule has 0 saturated carbocycles. The smallest absolute Gasteiger partial charge is 0.207 e. The number of nitrogens with zero attached hydrogens (tertiary/aromatic N) is 4. The maximum Gasteiger partial charge on any atom is 0.207 e. The van der Waals surface area contributed by atoms with Crippen LogP contribution in [0.2, 0.25) is 0 Å². The summed E-state index contributed by atoms with van der Waals surface area (Å²) in [5.74, 6) is 1.19. The summed E-state index contributed by atoms with van der Waals surface area (Å²) in [6.07, 6.45) is 1.30. The normalized spacial score (nSPS) is 10.0. The van der Waals surface area contributed by atoms with Gasteiger partial charge in [-0.25, -0.2) is 0 Å². The highest BCUT2D eigenvalue weighted by Crippen LogP contribution is 2.27. The van der Waals surface area contributed by atoms with Gasteiger partial charge in [0, 0.05) is 0 Å². The van der Waals surface area contributed by atoms with Crippen LogP contribution in [0.5, 0.6) is 5.75 Å². The molecule has 5 nitrogen and oxygen atoms in total. The minimum atomic E-state index is 0.470. The van der Waals surface area contributed by atoms with Crippen molar-refractivity contribution in [1.29, 1.82) is 0 Å². The highest BCUT2D eigenvalue weighted by atomic mass is 16.5. The number of aryl methyl sites for hydroxylation is 1. The number of hydrogen-bond donors (Lipinski definition) is 0. The Morgan fingerprint density at radius 2 is 1.87 bits per heavy atom. The minimum absolute atomic E-state index is 0.470. The number of hydrogen-bond acceptors (Lipinski definition) is 5. The molecular weight excluding hydrogens is 192 g/mol. The van der Waals surface area contributed by atoms with Crippen LogP contribution >= 0.6 is 0 Å². The summed E-state index contributed by atoms with van der Waals surface area (Å²) in [7, 11) is 1.61. The second-order valence-electron chi connectivity index (χ2n) is 3.07. The van der Waals surface area contributed by atoms with E-state index in [1.54, 1.807) is 7.11 Å². The molecule has 0 saturated heterocycles. The van der Waals surface area contributed by atoms with E-state index < -0.39 is 0 Å². The largest absolute Gasteiger partial charge is 0.496 e. The molecule has 0 fully saturated rings. The third-order valence-corrected chi connectivity index (χ3v) is 2.00. The number of benzene rings is 1. The average molecular weight is 202 g/mol. The summed E-state index contributed by atoms with van der Waals surface area (Å²) in [6, 6.07) is 5.78. The van der Waals surface area contributed by atoms with Crippen molar-refractivity contribution in [3.63, 3.8) is 0 Å². The van der Waals surface area contributed by atoms with Crippen molar-refractivity contribution in [3.05, 3.63) is 30.1 Å². The lowest BCUT2D eigenvalue weighted by Gasteiger charge is -2.06. The quantitative estimate of drug-likeness (QED) is 0.733. The fourth-order valence-corrected chi connectivity index (χ4v) is 1.31. The van der Waals surface area contributed by atoms with Crippen LogP contribution in [0, 0.1) is 6.92 Å². The summed E-state index contributed by atoms with van der Waals surface area (Å²) >= 11 is 0. The average Bonchev–Trinajstić information content (AvgIpc) is 2.30. The molecule has 5 heteroatoms. The second-order valence-corrected chi connectivity index (χ2v) is 3.07. The Labute approximate surface area is 87.1 Å². The molecule has 1 heterocycles. The van der Waals surface area contributed by atoms with Gasteiger partial charge in [0.2, 0.25) is 5.82 Å². The van der Waals surface area contributed by atoms with Crippen molar-refractivity contribution in [2.24, 2.45) is 0 Å². The van der Waals surface area contributed by atoms with Crippen LogP contribution < -0.4 is 4.74 Å². The van der Waals surface area contributed by atoms with Gasteiger partial charge >= 0.3 is 0 Å². The summed E-state index contributed by atoms with van der Waals surface area (Å²) in [4.78, 5) is 0. The van der Waals surface area contributed by atoms with Crippen molar-refractivity contribution >= 4 is 0 Å². The third kappa shape index (κ3) is 1.90. The Morgan fingerprint density at radius 3 is 2.53 bits per heavy atom. The van der Waals surface area contributed by atoms with Gasteiger partial charge < -0.3 is 4.74 Å². The van der Waals surface area contributed by atoms with E-state index in [9.17, 15) is 0 Å². The lowest BCUT2D eigenvalue weighted by atomic mass is 10.1. The molecule has 15 heavy (non-hydrogen) atoms. The van der Waals surface area contributed by atoms with E-state index in [1.165, 1.54) is 6.33 Å². The molecule has 1 aromatic heterocycles. The zero-order chi connectivity index (χ0) is 10.7. The van der Waals surface area contributed by atoms with Crippen molar-refractivity contribution in [2.75, 3.05) is 7.11 Å². The molecule has 1 aromatic carbocycles. The highest BCUT2D eigenvalue weighted by molar-refractivity contribution is 5.64. The Morgan fingerprint density at radius 1 is 1.13 bits per heavy atom. The molecule has 0 radical (unpaired) electrons. The first-order valence-electron chi connectivity index (χ1n) is 4.46. The van der Waals surface area contributed by atoms with E-state index in [1.807, 2.05) is 25.1 Å². The van der Waals surface area contributed by atoms with Gasteiger partial charge in [-0.15, -0.1) is 20.4 Å². The van der Waals surface area contributed by atoms with Crippen LogP contribution in [-0.2, 0) is 0 Å². The van der Waals surface area contributed by atoms with Crippen LogP contribution in [0.15, 0.2) is 24.5 Å². The molecule has 0 amide bonds. The molecule has 0 aliphatic heterocycles. The predicted molar refractivity (Wildman–Crippen MR) is 54.3 cm³/mol. The van der Waals surface area contributed by atoms with Gasteiger partial charge in [0.15, 0.2) is 6.33 Å². The van der Waals surface area contributed by atoms with Gasteiger partial charge in [0.25, 0.3) is 0 Å². The van der Waals surface area contributed by atoms with Gasteiger partial charge in [-0.2, -0.15) is 0 Å². The summed E-state index contributed by atoms with van der Waals surface area (Å²) in [6.45, 7) is 1.99. The van der Waals surface area contributed by atoms with Gasteiger partial charge in [0.1, 0.15) is 5.75 Å². The molecule has 2 aromatic rings. The van der Waals surface area contributed by atoms with Crippen LogP contribution in [0.4, 0.5) is 0 Å². The van der Waals surface area contributed by atoms with E-state index in [4.69, 9.17) is 4.74 Å². The summed E-state index contributed by atoms with van der Waals surface area (Å²) < 4.78 is 5.22. The topological polar surface area (TPSA) is 60.8 Å². The van der Waals surface area contributed by atoms with Gasteiger partial charge in [-0.3, -0.25) is 0 Å². The minimum Gasteiger partial charge on any atom is -0.496 e.